The van der Waals surface area contributed by atoms with Crippen LogP contribution in [-0.2, 0) is 11.2 Å². The van der Waals surface area contributed by atoms with Crippen molar-refractivity contribution in [2.45, 2.75) is 25.4 Å². The van der Waals surface area contributed by atoms with Crippen LogP contribution in [0.3, 0.4) is 0 Å². The smallest absolute Gasteiger partial charge is 0.318 e. The van der Waals surface area contributed by atoms with Crippen LogP contribution in [-0.4, -0.2) is 23.7 Å². The standard InChI is InChI=1S/C13H16N2O4/c14-13(18)15-12(17)7-19-11-6-2-3-8-9(11)4-1-5-10(8)16/h2-3,6,10,16H,1,4-5,7H2,(H3,14,15,17,18). The van der Waals surface area contributed by atoms with Crippen molar-refractivity contribution in [2.75, 3.05) is 6.61 Å². The van der Waals surface area contributed by atoms with Crippen LogP contribution >= 0.6 is 0 Å². The van der Waals surface area contributed by atoms with Crippen molar-refractivity contribution in [3.63, 3.8) is 0 Å². The van der Waals surface area contributed by atoms with Crippen molar-refractivity contribution in [3.05, 3.63) is 29.3 Å². The fourth-order valence-corrected chi connectivity index (χ4v) is 2.24. The highest BCUT2D eigenvalue weighted by Gasteiger charge is 2.21. The Morgan fingerprint density at radius 2 is 2.26 bits per heavy atom. The summed E-state index contributed by atoms with van der Waals surface area (Å²) in [6, 6.07) is 4.47. The lowest BCUT2D eigenvalue weighted by Gasteiger charge is -2.23. The molecule has 0 aliphatic heterocycles. The Morgan fingerprint density at radius 1 is 1.47 bits per heavy atom. The first kappa shape index (κ1) is 13.4. The van der Waals surface area contributed by atoms with Crippen molar-refractivity contribution in [1.82, 2.24) is 5.32 Å². The number of hydrogen-bond donors (Lipinski definition) is 3. The molecule has 6 heteroatoms. The van der Waals surface area contributed by atoms with Gasteiger partial charge in [-0.05, 0) is 36.5 Å². The molecule has 19 heavy (non-hydrogen) atoms. The third-order valence-corrected chi connectivity index (χ3v) is 3.05. The maximum atomic E-state index is 11.3. The second-order valence-corrected chi connectivity index (χ2v) is 4.43. The van der Waals surface area contributed by atoms with Gasteiger partial charge < -0.3 is 15.6 Å². The summed E-state index contributed by atoms with van der Waals surface area (Å²) in [7, 11) is 0. The minimum atomic E-state index is -0.904. The summed E-state index contributed by atoms with van der Waals surface area (Å²) in [6.45, 7) is -0.282. The molecule has 0 heterocycles. The van der Waals surface area contributed by atoms with E-state index in [1.807, 2.05) is 11.4 Å². The Labute approximate surface area is 110 Å². The fraction of sp³-hybridized carbons (Fsp3) is 0.385. The number of amides is 3. The lowest BCUT2D eigenvalue weighted by atomic mass is 9.89. The number of carbonyl (C=O) groups is 2. The number of nitrogens with two attached hydrogens (primary N) is 1. The van der Waals surface area contributed by atoms with Crippen LogP contribution in [0.1, 0.15) is 30.1 Å². The molecule has 1 unspecified atom stereocenters. The molecule has 1 aliphatic rings. The summed E-state index contributed by atoms with van der Waals surface area (Å²) >= 11 is 0. The van der Waals surface area contributed by atoms with E-state index >= 15 is 0 Å². The maximum Gasteiger partial charge on any atom is 0.318 e. The number of aliphatic hydroxyl groups excluding tert-OH is 1. The van der Waals surface area contributed by atoms with Gasteiger partial charge in [-0.25, -0.2) is 4.79 Å². The van der Waals surface area contributed by atoms with Gasteiger partial charge in [0.05, 0.1) is 6.10 Å². The summed E-state index contributed by atoms with van der Waals surface area (Å²) in [5.41, 5.74) is 6.60. The van der Waals surface area contributed by atoms with E-state index in [4.69, 9.17) is 10.5 Å². The number of urea groups is 1. The quantitative estimate of drug-likeness (QED) is 0.745. The Hall–Kier alpha value is -2.08. The first-order valence-corrected chi connectivity index (χ1v) is 6.10. The molecule has 0 bridgehead atoms. The van der Waals surface area contributed by atoms with Gasteiger partial charge in [-0.15, -0.1) is 0 Å². The van der Waals surface area contributed by atoms with Crippen molar-refractivity contribution in [1.29, 1.82) is 0 Å². The van der Waals surface area contributed by atoms with Gasteiger partial charge in [0, 0.05) is 0 Å². The van der Waals surface area contributed by atoms with Crippen LogP contribution in [0, 0.1) is 0 Å². The minimum Gasteiger partial charge on any atom is -0.483 e. The topological polar surface area (TPSA) is 102 Å². The molecule has 0 radical (unpaired) electrons. The van der Waals surface area contributed by atoms with Crippen molar-refractivity contribution < 1.29 is 19.4 Å². The number of primary amides is 1. The normalized spacial score (nSPS) is 17.4. The first-order chi connectivity index (χ1) is 9.08. The number of imide groups is 1. The molecule has 1 aromatic carbocycles. The van der Waals surface area contributed by atoms with Gasteiger partial charge in [-0.2, -0.15) is 0 Å². The molecule has 1 aromatic rings. The Bertz CT molecular complexity index is 501. The van der Waals surface area contributed by atoms with Gasteiger partial charge in [0.15, 0.2) is 6.61 Å². The molecule has 2 rings (SSSR count). The summed E-state index contributed by atoms with van der Waals surface area (Å²) in [5, 5.41) is 11.8. The highest BCUT2D eigenvalue weighted by molar-refractivity contribution is 5.94. The van der Waals surface area contributed by atoms with Gasteiger partial charge in [-0.3, -0.25) is 10.1 Å². The number of fused-ring (bicyclic) bond motifs is 1. The van der Waals surface area contributed by atoms with Crippen LogP contribution in [0.5, 0.6) is 5.75 Å². The molecule has 0 fully saturated rings. The highest BCUT2D eigenvalue weighted by Crippen LogP contribution is 2.35. The third kappa shape index (κ3) is 3.23. The maximum absolute atomic E-state index is 11.3. The largest absolute Gasteiger partial charge is 0.483 e. The molecule has 0 saturated carbocycles. The minimum absolute atomic E-state index is 0.282. The van der Waals surface area contributed by atoms with Gasteiger partial charge in [0.25, 0.3) is 5.91 Å². The summed E-state index contributed by atoms with van der Waals surface area (Å²) < 4.78 is 5.38. The van der Waals surface area contributed by atoms with E-state index in [1.54, 1.807) is 12.1 Å². The molecule has 102 valence electrons. The molecule has 0 spiro atoms. The lowest BCUT2D eigenvalue weighted by Crippen LogP contribution is -2.38. The molecular formula is C13H16N2O4. The molecule has 1 aliphatic carbocycles. The van der Waals surface area contributed by atoms with Crippen molar-refractivity contribution in [3.8, 4) is 5.75 Å². The Kier molecular flexibility index (Phi) is 4.01. The second-order valence-electron chi connectivity index (χ2n) is 4.43. The molecule has 4 N–H and O–H groups in total. The van der Waals surface area contributed by atoms with Crippen LogP contribution in [0.15, 0.2) is 18.2 Å². The number of ether oxygens (including phenoxy) is 1. The van der Waals surface area contributed by atoms with Crippen molar-refractivity contribution >= 4 is 11.9 Å². The molecule has 0 saturated heterocycles. The zero-order valence-corrected chi connectivity index (χ0v) is 10.4. The number of benzene rings is 1. The van der Waals surface area contributed by atoms with Crippen LogP contribution < -0.4 is 15.8 Å². The Morgan fingerprint density at radius 3 is 3.00 bits per heavy atom. The average molecular weight is 264 g/mol. The fourth-order valence-electron chi connectivity index (χ4n) is 2.24. The predicted molar refractivity (Wildman–Crippen MR) is 67.6 cm³/mol. The van der Waals surface area contributed by atoms with E-state index in [1.165, 1.54) is 0 Å². The average Bonchev–Trinajstić information content (AvgIpc) is 2.36. The zero-order valence-electron chi connectivity index (χ0n) is 10.4. The number of aliphatic hydroxyl groups is 1. The molecule has 0 aromatic heterocycles. The van der Waals surface area contributed by atoms with E-state index in [0.717, 1.165) is 30.4 Å². The monoisotopic (exact) mass is 264 g/mol. The van der Waals surface area contributed by atoms with E-state index in [0.29, 0.717) is 5.75 Å². The summed E-state index contributed by atoms with van der Waals surface area (Å²) in [6.07, 6.45) is 1.94. The molecule has 1 atom stereocenters. The van der Waals surface area contributed by atoms with E-state index in [2.05, 4.69) is 0 Å². The van der Waals surface area contributed by atoms with Crippen LogP contribution in [0.2, 0.25) is 0 Å². The SMILES string of the molecule is NC(=O)NC(=O)COc1cccc2c1CCCC2O. The van der Waals surface area contributed by atoms with Gasteiger partial charge in [-0.1, -0.05) is 12.1 Å². The molecular weight excluding hydrogens is 248 g/mol. The Balaban J connectivity index is 2.07. The van der Waals surface area contributed by atoms with E-state index < -0.39 is 18.0 Å². The van der Waals surface area contributed by atoms with Gasteiger partial charge >= 0.3 is 6.03 Å². The number of nitrogens with one attached hydrogen (secondary N) is 1. The number of rotatable bonds is 3. The van der Waals surface area contributed by atoms with Gasteiger partial charge in [0.1, 0.15) is 5.75 Å². The number of carbonyl (C=O) groups excluding carboxylic acids is 2. The zero-order chi connectivity index (χ0) is 13.8. The third-order valence-electron chi connectivity index (χ3n) is 3.05. The second kappa shape index (κ2) is 5.71. The van der Waals surface area contributed by atoms with E-state index in [-0.39, 0.29) is 6.61 Å². The summed E-state index contributed by atoms with van der Waals surface area (Å²) in [4.78, 5) is 21.8. The van der Waals surface area contributed by atoms with Crippen LogP contribution in [0.25, 0.3) is 0 Å². The molecule has 6 nitrogen and oxygen atoms in total. The van der Waals surface area contributed by atoms with E-state index in [9.17, 15) is 14.7 Å². The number of hydrogen-bond acceptors (Lipinski definition) is 4. The highest BCUT2D eigenvalue weighted by atomic mass is 16.5. The van der Waals surface area contributed by atoms with Crippen molar-refractivity contribution in [2.24, 2.45) is 5.73 Å². The van der Waals surface area contributed by atoms with Gasteiger partial charge in [0.2, 0.25) is 0 Å². The molecule has 3 amide bonds. The lowest BCUT2D eigenvalue weighted by molar-refractivity contribution is -0.121. The summed E-state index contributed by atoms with van der Waals surface area (Å²) in [5.74, 6) is -0.0302. The first-order valence-electron chi connectivity index (χ1n) is 6.10. The predicted octanol–water partition coefficient (Wildman–Crippen LogP) is 0.630. The van der Waals surface area contributed by atoms with Crippen LogP contribution in [0.4, 0.5) is 4.79 Å².